The van der Waals surface area contributed by atoms with Crippen LogP contribution < -0.4 is 47.9 Å². The summed E-state index contributed by atoms with van der Waals surface area (Å²) in [6.45, 7) is 7.99. The minimum absolute atomic E-state index is 0.0161. The van der Waals surface area contributed by atoms with Crippen molar-refractivity contribution in [1.29, 1.82) is 0 Å². The number of carbonyl (C=O) groups is 9. The van der Waals surface area contributed by atoms with Crippen molar-refractivity contribution in [3.8, 4) is 0 Å². The van der Waals surface area contributed by atoms with Gasteiger partial charge in [0.05, 0.1) is 59.5 Å². The third-order valence-electron chi connectivity index (χ3n) is 17.8. The second-order valence-corrected chi connectivity index (χ2v) is 27.5. The number of nitrogens with one attached hydrogen (secondary N) is 9. The molecule has 0 bridgehead atoms. The summed E-state index contributed by atoms with van der Waals surface area (Å²) in [6, 6.07) is -3.15. The zero-order chi connectivity index (χ0) is 77.4. The summed E-state index contributed by atoms with van der Waals surface area (Å²) in [7, 11) is 0. The molecule has 3 aliphatic rings. The highest BCUT2D eigenvalue weighted by Crippen LogP contribution is 2.35. The molecule has 0 aromatic rings. The van der Waals surface area contributed by atoms with Gasteiger partial charge in [-0.1, -0.05) is 45.4 Å². The molecule has 3 heterocycles. The number of ether oxygens (including phenoxy) is 9. The number of aliphatic hydroxyl groups excluding tert-OH is 8. The highest BCUT2D eigenvalue weighted by molar-refractivity contribution is 14.1. The fraction of sp³-hybridized carbons (Fsp3) is 0.868. The molecule has 3 fully saturated rings. The minimum atomic E-state index is -1.43. The Bertz CT molecular complexity index is 2390. The fourth-order valence-electron chi connectivity index (χ4n) is 12.0. The summed E-state index contributed by atoms with van der Waals surface area (Å²) in [5.41, 5.74) is -0.288. The first kappa shape index (κ1) is 94.0. The molecule has 608 valence electrons. The second kappa shape index (κ2) is 55.2. The van der Waals surface area contributed by atoms with E-state index in [1.165, 1.54) is 20.8 Å². The van der Waals surface area contributed by atoms with E-state index in [1.807, 2.05) is 0 Å². The number of carbonyl (C=O) groups excluding carboxylic acids is 9. The van der Waals surface area contributed by atoms with Gasteiger partial charge in [0, 0.05) is 79.3 Å². The average molecular weight is 1620 g/mol. The van der Waals surface area contributed by atoms with E-state index >= 15 is 0 Å². The van der Waals surface area contributed by atoms with Crippen molar-refractivity contribution in [1.82, 2.24) is 47.9 Å². The molecule has 0 spiro atoms. The van der Waals surface area contributed by atoms with E-state index in [1.54, 1.807) is 23.0 Å². The molecule has 17 N–H and O–H groups in total. The highest BCUT2D eigenvalue weighted by Gasteiger charge is 2.48. The van der Waals surface area contributed by atoms with Gasteiger partial charge in [-0.3, -0.25) is 28.8 Å². The lowest BCUT2D eigenvalue weighted by atomic mass is 9.77. The largest absolute Gasteiger partial charge is 0.450 e. The minimum Gasteiger partial charge on any atom is -0.450 e. The van der Waals surface area contributed by atoms with E-state index in [9.17, 15) is 84.0 Å². The van der Waals surface area contributed by atoms with E-state index in [2.05, 4.69) is 54.8 Å². The summed E-state index contributed by atoms with van der Waals surface area (Å²) < 4.78 is 55.5. The quantitative estimate of drug-likeness (QED) is 0.0219. The maximum absolute atomic E-state index is 12.6. The zero-order valence-electron chi connectivity index (χ0n) is 61.4. The predicted octanol–water partition coefficient (Wildman–Crippen LogP) is 0.137. The fourth-order valence-corrected chi connectivity index (χ4v) is 12.4. The van der Waals surface area contributed by atoms with Crippen LogP contribution in [0, 0.1) is 5.41 Å². The van der Waals surface area contributed by atoms with E-state index in [-0.39, 0.29) is 88.6 Å². The first-order valence-electron chi connectivity index (χ1n) is 37.0. The van der Waals surface area contributed by atoms with Crippen molar-refractivity contribution in [3.63, 3.8) is 0 Å². The Kier molecular flexibility index (Phi) is 49.4. The Balaban J connectivity index is 1.31. The number of rotatable bonds is 55. The molecule has 0 saturated carbocycles. The van der Waals surface area contributed by atoms with Crippen molar-refractivity contribution < 1.29 is 130 Å². The molecule has 15 unspecified atom stereocenters. The first-order chi connectivity index (χ1) is 50.3. The van der Waals surface area contributed by atoms with Gasteiger partial charge in [0.2, 0.25) is 35.4 Å². The summed E-state index contributed by atoms with van der Waals surface area (Å²) in [5, 5.41) is 106. The monoisotopic (exact) mass is 1620 g/mol. The third kappa shape index (κ3) is 40.1. The SMILES string of the molecule is CC(=O)NC1C(OCCCC(=O)NCCCCCCNC(=O)OCCCC(C)(CCCOC(=O)NCCCCCCNC(=O)CCCOC2OC(CO)C(O)C(O)C2NC(C)=O)CCCOC(=O)NCCCCCCNC(=O)CCCOC2OC(COI)C(O)C(O)C2NC(C)=O)OC(CO)C(O)C1O. The molecule has 0 aromatic carbocycles. The van der Waals surface area contributed by atoms with Crippen molar-refractivity contribution in [2.24, 2.45) is 5.41 Å². The number of unbranched alkanes of at least 4 members (excludes halogenated alkanes) is 9. The number of amides is 9. The topological polar surface area (TPSA) is 516 Å². The van der Waals surface area contributed by atoms with Crippen molar-refractivity contribution in [2.75, 3.05) is 98.7 Å². The molecule has 36 nitrogen and oxygen atoms in total. The molecule has 3 saturated heterocycles. The molecule has 3 rings (SSSR count). The van der Waals surface area contributed by atoms with Gasteiger partial charge in [-0.25, -0.2) is 14.4 Å². The molecular weight excluding hydrogens is 1500 g/mol. The second-order valence-electron chi connectivity index (χ2n) is 26.9. The molecule has 15 atom stereocenters. The van der Waals surface area contributed by atoms with Gasteiger partial charge in [-0.15, -0.1) is 0 Å². The molecule has 0 aromatic heterocycles. The van der Waals surface area contributed by atoms with Gasteiger partial charge in [0.25, 0.3) is 0 Å². The lowest BCUT2D eigenvalue weighted by Crippen LogP contribution is -2.64. The standard InChI is InChI=1S/C68H122IN9O27/c1-44(81)76-53-59(90)56(87)47(41-79)103-62(53)96-35-17-23-50(84)70-29-11-5-8-14-32-73-65(93)99-38-20-26-68(4,27-21-39-100-66(94)74-33-15-9-6-12-30-71-51(85)24-18-36-97-63-54(77-45(2)82)60(91)57(88)48(42-80)104-63)28-22-40-101-67(95)75-34-16-10-7-13-31-72-52(86)25-19-37-98-64-55(78-46(3)83)61(92)58(89)49(105-64)43-102-69/h47-49,53-64,79-80,87-92H,5-43H2,1-4H3,(H,70,84)(H,71,85)(H,72,86)(H,73,93)(H,74,94)(H,75,95)(H,76,81)(H,77,82)(H,78,83). The van der Waals surface area contributed by atoms with Gasteiger partial charge in [-0.2, -0.15) is 0 Å². The molecule has 9 amide bonds. The van der Waals surface area contributed by atoms with E-state index in [0.717, 1.165) is 57.8 Å². The van der Waals surface area contributed by atoms with Crippen LogP contribution in [0.1, 0.15) is 182 Å². The van der Waals surface area contributed by atoms with Crippen molar-refractivity contribution in [2.45, 2.75) is 274 Å². The molecular formula is C68H122IN9O27. The number of aliphatic hydroxyl groups is 8. The van der Waals surface area contributed by atoms with Crippen LogP contribution in [0.3, 0.4) is 0 Å². The number of alkyl carbamates (subject to hydrolysis) is 3. The molecule has 3 aliphatic heterocycles. The average Bonchev–Trinajstić information content (AvgIpc) is 0.821. The van der Waals surface area contributed by atoms with Crippen LogP contribution in [0.15, 0.2) is 0 Å². The normalized spacial score (nSPS) is 24.9. The van der Waals surface area contributed by atoms with E-state index < -0.39 is 141 Å². The number of hydrogen-bond acceptors (Lipinski definition) is 27. The van der Waals surface area contributed by atoms with Gasteiger partial charge >= 0.3 is 18.3 Å². The Morgan fingerprint density at radius 1 is 0.362 bits per heavy atom. The molecule has 105 heavy (non-hydrogen) atoms. The Labute approximate surface area is 629 Å². The van der Waals surface area contributed by atoms with Gasteiger partial charge in [-0.05, 0) is 102 Å². The molecule has 37 heteroatoms. The van der Waals surface area contributed by atoms with Gasteiger partial charge in [0.1, 0.15) is 96.1 Å². The Hall–Kier alpha value is -5.24. The van der Waals surface area contributed by atoms with Crippen LogP contribution in [0.25, 0.3) is 0 Å². The third-order valence-corrected chi connectivity index (χ3v) is 18.2. The van der Waals surface area contributed by atoms with Gasteiger partial charge in [0.15, 0.2) is 18.9 Å². The summed E-state index contributed by atoms with van der Waals surface area (Å²) in [4.78, 5) is 110. The lowest BCUT2D eigenvalue weighted by Gasteiger charge is -2.42. The van der Waals surface area contributed by atoms with Crippen molar-refractivity contribution >= 4 is 76.7 Å². The smallest absolute Gasteiger partial charge is 0.407 e. The summed E-state index contributed by atoms with van der Waals surface area (Å²) in [5.74, 6) is -1.92. The predicted molar refractivity (Wildman–Crippen MR) is 383 cm³/mol. The van der Waals surface area contributed by atoms with Crippen LogP contribution in [0.2, 0.25) is 0 Å². The van der Waals surface area contributed by atoms with E-state index in [4.69, 9.17) is 45.7 Å². The van der Waals surface area contributed by atoms with E-state index in [0.29, 0.717) is 116 Å². The highest BCUT2D eigenvalue weighted by atomic mass is 127. The van der Waals surface area contributed by atoms with Crippen LogP contribution in [0.4, 0.5) is 14.4 Å². The van der Waals surface area contributed by atoms with Crippen LogP contribution in [-0.4, -0.2) is 285 Å². The molecule has 0 radical (unpaired) electrons. The maximum Gasteiger partial charge on any atom is 0.407 e. The number of hydrogen-bond donors (Lipinski definition) is 17. The van der Waals surface area contributed by atoms with Crippen LogP contribution in [-0.2, 0) is 74.5 Å². The first-order valence-corrected chi connectivity index (χ1v) is 37.9. The molecule has 0 aliphatic carbocycles. The van der Waals surface area contributed by atoms with Crippen molar-refractivity contribution in [3.05, 3.63) is 0 Å². The summed E-state index contributed by atoms with van der Waals surface area (Å²) in [6.07, 6.45) is -2.26. The maximum atomic E-state index is 12.6. The Morgan fingerprint density at radius 2 is 0.629 bits per heavy atom. The van der Waals surface area contributed by atoms with Gasteiger partial charge < -0.3 is 134 Å². The van der Waals surface area contributed by atoms with Crippen LogP contribution >= 0.6 is 23.0 Å². The number of halogens is 1. The summed E-state index contributed by atoms with van der Waals surface area (Å²) >= 11 is 1.65. The van der Waals surface area contributed by atoms with Crippen LogP contribution in [0.5, 0.6) is 0 Å². The Morgan fingerprint density at radius 3 is 0.895 bits per heavy atom. The zero-order valence-corrected chi connectivity index (χ0v) is 63.6. The lowest BCUT2D eigenvalue weighted by molar-refractivity contribution is -0.270.